The SMILES string of the molecule is C[C@@H](c1ccsc1)N1CCOCC1. The molecular formula is C10H15NOS. The number of hydrogen-bond donors (Lipinski definition) is 0. The van der Waals surface area contributed by atoms with Crippen LogP contribution in [0.1, 0.15) is 18.5 Å². The van der Waals surface area contributed by atoms with Gasteiger partial charge in [0.2, 0.25) is 0 Å². The van der Waals surface area contributed by atoms with Gasteiger partial charge in [-0.05, 0) is 29.3 Å². The second-order valence-corrected chi connectivity index (χ2v) is 4.16. The summed E-state index contributed by atoms with van der Waals surface area (Å²) in [4.78, 5) is 2.48. The van der Waals surface area contributed by atoms with Gasteiger partial charge in [0, 0.05) is 19.1 Å². The topological polar surface area (TPSA) is 12.5 Å². The van der Waals surface area contributed by atoms with Crippen LogP contribution in [0.4, 0.5) is 0 Å². The molecule has 1 fully saturated rings. The van der Waals surface area contributed by atoms with Gasteiger partial charge in [-0.2, -0.15) is 11.3 Å². The molecule has 0 amide bonds. The standard InChI is InChI=1S/C10H15NOS/c1-9(10-2-7-13-8-10)11-3-5-12-6-4-11/h2,7-9H,3-6H2,1H3/t9-/m0/s1. The lowest BCUT2D eigenvalue weighted by Crippen LogP contribution is -2.37. The molecule has 0 unspecified atom stereocenters. The van der Waals surface area contributed by atoms with Crippen LogP contribution in [0.15, 0.2) is 16.8 Å². The summed E-state index contributed by atoms with van der Waals surface area (Å²) in [6.07, 6.45) is 0. The minimum Gasteiger partial charge on any atom is -0.379 e. The van der Waals surface area contributed by atoms with Gasteiger partial charge in [0.1, 0.15) is 0 Å². The lowest BCUT2D eigenvalue weighted by Gasteiger charge is -2.31. The maximum Gasteiger partial charge on any atom is 0.0594 e. The van der Waals surface area contributed by atoms with E-state index in [9.17, 15) is 0 Å². The second-order valence-electron chi connectivity index (χ2n) is 3.38. The molecular weight excluding hydrogens is 182 g/mol. The molecule has 0 aromatic carbocycles. The molecule has 2 rings (SSSR count). The van der Waals surface area contributed by atoms with Gasteiger partial charge in [-0.15, -0.1) is 0 Å². The Morgan fingerprint density at radius 1 is 1.46 bits per heavy atom. The monoisotopic (exact) mass is 197 g/mol. The number of hydrogen-bond acceptors (Lipinski definition) is 3. The molecule has 0 bridgehead atoms. The van der Waals surface area contributed by atoms with E-state index < -0.39 is 0 Å². The molecule has 1 aromatic heterocycles. The van der Waals surface area contributed by atoms with Crippen LogP contribution in [0.25, 0.3) is 0 Å². The number of thiophene rings is 1. The van der Waals surface area contributed by atoms with Gasteiger partial charge in [-0.3, -0.25) is 4.90 Å². The molecule has 0 saturated carbocycles. The zero-order valence-electron chi connectivity index (χ0n) is 7.90. The van der Waals surface area contributed by atoms with Crippen LogP contribution < -0.4 is 0 Å². The summed E-state index contributed by atoms with van der Waals surface area (Å²) < 4.78 is 5.33. The molecule has 0 spiro atoms. The summed E-state index contributed by atoms with van der Waals surface area (Å²) in [5.74, 6) is 0. The fourth-order valence-corrected chi connectivity index (χ4v) is 2.44. The summed E-state index contributed by atoms with van der Waals surface area (Å²) in [5.41, 5.74) is 1.44. The minimum atomic E-state index is 0.551. The third-order valence-corrected chi connectivity index (χ3v) is 3.32. The number of ether oxygens (including phenoxy) is 1. The molecule has 0 N–H and O–H groups in total. The molecule has 72 valence electrons. The van der Waals surface area contributed by atoms with Crippen LogP contribution in [0.2, 0.25) is 0 Å². The van der Waals surface area contributed by atoms with E-state index in [1.54, 1.807) is 11.3 Å². The minimum absolute atomic E-state index is 0.551. The van der Waals surface area contributed by atoms with Crippen LogP contribution in [-0.2, 0) is 4.74 Å². The fraction of sp³-hybridized carbons (Fsp3) is 0.600. The molecule has 1 atom stereocenters. The summed E-state index contributed by atoms with van der Waals surface area (Å²) in [5, 5.41) is 4.38. The zero-order chi connectivity index (χ0) is 9.10. The van der Waals surface area contributed by atoms with Crippen molar-refractivity contribution in [3.8, 4) is 0 Å². The van der Waals surface area contributed by atoms with Gasteiger partial charge in [0.05, 0.1) is 13.2 Å². The Morgan fingerprint density at radius 3 is 2.85 bits per heavy atom. The lowest BCUT2D eigenvalue weighted by molar-refractivity contribution is 0.0199. The third kappa shape index (κ3) is 2.10. The summed E-state index contributed by atoms with van der Waals surface area (Å²) in [6.45, 7) is 6.17. The van der Waals surface area contributed by atoms with Crippen LogP contribution in [0.3, 0.4) is 0 Å². The molecule has 2 nitrogen and oxygen atoms in total. The predicted molar refractivity (Wildman–Crippen MR) is 55.1 cm³/mol. The van der Waals surface area contributed by atoms with Gasteiger partial charge in [0.15, 0.2) is 0 Å². The van der Waals surface area contributed by atoms with E-state index in [0.29, 0.717) is 6.04 Å². The fourth-order valence-electron chi connectivity index (χ4n) is 1.69. The highest BCUT2D eigenvalue weighted by atomic mass is 32.1. The van der Waals surface area contributed by atoms with Crippen molar-refractivity contribution in [3.05, 3.63) is 22.4 Å². The van der Waals surface area contributed by atoms with Crippen LogP contribution in [-0.4, -0.2) is 31.2 Å². The number of rotatable bonds is 2. The van der Waals surface area contributed by atoms with Crippen LogP contribution >= 0.6 is 11.3 Å². The first kappa shape index (κ1) is 9.19. The van der Waals surface area contributed by atoms with E-state index in [1.165, 1.54) is 5.56 Å². The predicted octanol–water partition coefficient (Wildman–Crippen LogP) is 2.14. The molecule has 1 saturated heterocycles. The summed E-state index contributed by atoms with van der Waals surface area (Å²) in [6, 6.07) is 2.76. The lowest BCUT2D eigenvalue weighted by atomic mass is 10.1. The Balaban J connectivity index is 1.99. The summed E-state index contributed by atoms with van der Waals surface area (Å²) in [7, 11) is 0. The maximum atomic E-state index is 5.33. The molecule has 1 aromatic rings. The maximum absolute atomic E-state index is 5.33. The molecule has 3 heteroatoms. The average molecular weight is 197 g/mol. The van der Waals surface area contributed by atoms with Crippen molar-refractivity contribution < 1.29 is 4.74 Å². The molecule has 0 aliphatic carbocycles. The van der Waals surface area contributed by atoms with E-state index >= 15 is 0 Å². The van der Waals surface area contributed by atoms with Crippen LogP contribution in [0, 0.1) is 0 Å². The van der Waals surface area contributed by atoms with Crippen LogP contribution in [0.5, 0.6) is 0 Å². The normalized spacial score (nSPS) is 21.6. The van der Waals surface area contributed by atoms with E-state index in [2.05, 4.69) is 28.7 Å². The first-order chi connectivity index (χ1) is 6.38. The Morgan fingerprint density at radius 2 is 2.23 bits per heavy atom. The van der Waals surface area contributed by atoms with Gasteiger partial charge < -0.3 is 4.74 Å². The van der Waals surface area contributed by atoms with Gasteiger partial charge >= 0.3 is 0 Å². The van der Waals surface area contributed by atoms with Crippen molar-refractivity contribution >= 4 is 11.3 Å². The molecule has 13 heavy (non-hydrogen) atoms. The van der Waals surface area contributed by atoms with Crippen molar-refractivity contribution in [2.75, 3.05) is 26.3 Å². The van der Waals surface area contributed by atoms with E-state index in [4.69, 9.17) is 4.74 Å². The number of morpholine rings is 1. The number of nitrogens with zero attached hydrogens (tertiary/aromatic N) is 1. The average Bonchev–Trinajstić information content (AvgIpc) is 2.71. The van der Waals surface area contributed by atoms with Gasteiger partial charge in [0.25, 0.3) is 0 Å². The smallest absolute Gasteiger partial charge is 0.0594 e. The Labute approximate surface area is 83.1 Å². The molecule has 1 aliphatic rings. The third-order valence-electron chi connectivity index (χ3n) is 2.62. The van der Waals surface area contributed by atoms with Crippen molar-refractivity contribution in [1.82, 2.24) is 4.90 Å². The highest BCUT2D eigenvalue weighted by molar-refractivity contribution is 7.07. The second kappa shape index (κ2) is 4.22. The van der Waals surface area contributed by atoms with Crippen molar-refractivity contribution in [3.63, 3.8) is 0 Å². The highest BCUT2D eigenvalue weighted by Crippen LogP contribution is 2.22. The first-order valence-corrected chi connectivity index (χ1v) is 5.66. The highest BCUT2D eigenvalue weighted by Gasteiger charge is 2.18. The van der Waals surface area contributed by atoms with Gasteiger partial charge in [-0.1, -0.05) is 0 Å². The Hall–Kier alpha value is -0.380. The Kier molecular flexibility index (Phi) is 2.98. The first-order valence-electron chi connectivity index (χ1n) is 4.72. The van der Waals surface area contributed by atoms with E-state index in [0.717, 1.165) is 26.3 Å². The molecule has 2 heterocycles. The molecule has 0 radical (unpaired) electrons. The Bertz CT molecular complexity index is 241. The van der Waals surface area contributed by atoms with Crippen molar-refractivity contribution in [2.24, 2.45) is 0 Å². The molecule has 1 aliphatic heterocycles. The van der Waals surface area contributed by atoms with Gasteiger partial charge in [-0.25, -0.2) is 0 Å². The quantitative estimate of drug-likeness (QED) is 0.720. The zero-order valence-corrected chi connectivity index (χ0v) is 8.72. The summed E-state index contributed by atoms with van der Waals surface area (Å²) >= 11 is 1.77. The van der Waals surface area contributed by atoms with Crippen molar-refractivity contribution in [1.29, 1.82) is 0 Å². The van der Waals surface area contributed by atoms with E-state index in [1.807, 2.05) is 0 Å². The van der Waals surface area contributed by atoms with E-state index in [-0.39, 0.29) is 0 Å². The largest absolute Gasteiger partial charge is 0.379 e. The van der Waals surface area contributed by atoms with Crippen molar-refractivity contribution in [2.45, 2.75) is 13.0 Å².